The van der Waals surface area contributed by atoms with Gasteiger partial charge in [0.2, 0.25) is 11.8 Å². The van der Waals surface area contributed by atoms with Gasteiger partial charge in [-0.3, -0.25) is 48.7 Å². The van der Waals surface area contributed by atoms with Crippen molar-refractivity contribution in [3.05, 3.63) is 81.4 Å². The van der Waals surface area contributed by atoms with E-state index in [2.05, 4.69) is 63.9 Å². The van der Waals surface area contributed by atoms with E-state index in [1.54, 1.807) is 23.6 Å². The van der Waals surface area contributed by atoms with Gasteiger partial charge in [-0.1, -0.05) is 95.4 Å². The molecule has 324 valence electrons. The van der Waals surface area contributed by atoms with Crippen molar-refractivity contribution in [3.63, 3.8) is 0 Å². The summed E-state index contributed by atoms with van der Waals surface area (Å²) >= 11 is 0. The molecule has 2 N–H and O–H groups in total. The van der Waals surface area contributed by atoms with E-state index in [9.17, 15) is 28.8 Å². The molecule has 3 fully saturated rings. The van der Waals surface area contributed by atoms with Crippen molar-refractivity contribution < 1.29 is 28.8 Å². The normalized spacial score (nSPS) is 24.2. The van der Waals surface area contributed by atoms with Crippen LogP contribution in [-0.4, -0.2) is 91.8 Å². The van der Waals surface area contributed by atoms with Crippen molar-refractivity contribution >= 4 is 54.2 Å². The van der Waals surface area contributed by atoms with Crippen LogP contribution in [0, 0.1) is 6.92 Å². The quantitative estimate of drug-likeness (QED) is 0.190. The molecule has 4 atom stereocenters. The third-order valence-electron chi connectivity index (χ3n) is 11.8. The molecule has 0 bridgehead atoms. The number of rotatable bonds is 3. The van der Waals surface area contributed by atoms with Gasteiger partial charge in [0.1, 0.15) is 11.1 Å². The maximum absolute atomic E-state index is 12.9. The van der Waals surface area contributed by atoms with Crippen molar-refractivity contribution in [1.29, 1.82) is 0 Å². The lowest BCUT2D eigenvalue weighted by Gasteiger charge is -2.39. The van der Waals surface area contributed by atoms with Crippen LogP contribution in [0.4, 0.5) is 0 Å². The van der Waals surface area contributed by atoms with E-state index >= 15 is 0 Å². The Morgan fingerprint density at radius 2 is 1.12 bits per heavy atom. The molecule has 0 saturated carbocycles. The largest absolute Gasteiger partial charge is 0.320 e. The Labute approximate surface area is 357 Å². The number of fused-ring (bicyclic) bond motifs is 2. The molecule has 6 aliphatic heterocycles. The number of carbonyl (C=O) groups is 6. The lowest BCUT2D eigenvalue weighted by atomic mass is 9.88. The summed E-state index contributed by atoms with van der Waals surface area (Å²) in [5, 5.41) is 4.72. The van der Waals surface area contributed by atoms with Crippen LogP contribution < -0.4 is 10.6 Å². The average Bonchev–Trinajstić information content (AvgIpc) is 3.74. The fourth-order valence-corrected chi connectivity index (χ4v) is 8.50. The van der Waals surface area contributed by atoms with Gasteiger partial charge in [0.05, 0.1) is 0 Å². The number of amides is 6. The monoisotopic (exact) mass is 850 g/mol. The second kappa shape index (κ2) is 21.6. The summed E-state index contributed by atoms with van der Waals surface area (Å²) in [5.41, 5.74) is 5.27. The minimum absolute atomic E-state index is 0. The highest BCUT2D eigenvalue weighted by Gasteiger charge is 2.49. The van der Waals surface area contributed by atoms with Crippen molar-refractivity contribution in [2.24, 2.45) is 0 Å². The van der Waals surface area contributed by atoms with Crippen LogP contribution in [0.3, 0.4) is 0 Å². The van der Waals surface area contributed by atoms with Gasteiger partial charge in [-0.05, 0) is 94.5 Å². The van der Waals surface area contributed by atoms with Gasteiger partial charge in [-0.25, -0.2) is 0 Å². The van der Waals surface area contributed by atoms with Gasteiger partial charge in [-0.15, -0.1) is 0 Å². The van der Waals surface area contributed by atoms with Crippen molar-refractivity contribution in [2.45, 2.75) is 138 Å². The molecule has 0 aromatic heterocycles. The van der Waals surface area contributed by atoms with Crippen molar-refractivity contribution in [3.8, 4) is 0 Å². The molecule has 6 amide bonds. The Hall–Kier alpha value is -3.82. The second-order valence-corrected chi connectivity index (χ2v) is 17.2. The van der Waals surface area contributed by atoms with Gasteiger partial charge in [-0.2, -0.15) is 0 Å². The van der Waals surface area contributed by atoms with Crippen LogP contribution in [0.1, 0.15) is 150 Å². The molecule has 14 heteroatoms. The molecule has 0 aliphatic carbocycles. The first kappa shape index (κ1) is 49.5. The van der Waals surface area contributed by atoms with Crippen LogP contribution in [-0.2, 0) is 32.3 Å². The zero-order valence-electron chi connectivity index (χ0n) is 35.7. The smallest absolute Gasteiger partial charge is 0.255 e. The maximum atomic E-state index is 12.9. The number of imide groups is 2. The first-order chi connectivity index (χ1) is 27.6. The van der Waals surface area contributed by atoms with Crippen LogP contribution in [0.15, 0.2) is 48.0 Å². The molecule has 12 nitrogen and oxygen atoms in total. The predicted molar refractivity (Wildman–Crippen MR) is 241 cm³/mol. The Bertz CT molecular complexity index is 1910. The van der Waals surface area contributed by atoms with E-state index in [-0.39, 0.29) is 55.7 Å². The van der Waals surface area contributed by atoms with E-state index in [0.29, 0.717) is 43.0 Å². The fourth-order valence-electron chi connectivity index (χ4n) is 7.96. The van der Waals surface area contributed by atoms with Gasteiger partial charge < -0.3 is 9.80 Å². The molecular weight excluding hydrogens is 782 g/mol. The second-order valence-electron chi connectivity index (χ2n) is 15.8. The summed E-state index contributed by atoms with van der Waals surface area (Å²) in [6, 6.07) is 11.8. The SMILES string of the molecule is C.CC.CC.CC1(N2Cc3cc(C4CCN(P)CC4)ccc3C2=O)CCC(=O)NC1=O.CC1=CCN(P)CC1.Cc1ccc2c(c1)CN(C1(C)CCC(=O)NC1=O)C2=O. The van der Waals surface area contributed by atoms with E-state index in [0.717, 1.165) is 49.2 Å². The van der Waals surface area contributed by atoms with E-state index in [4.69, 9.17) is 0 Å². The summed E-state index contributed by atoms with van der Waals surface area (Å²) in [5.74, 6) is -1.01. The number of hydrogen-bond donors (Lipinski definition) is 2. The van der Waals surface area contributed by atoms with Crippen molar-refractivity contribution in [2.75, 3.05) is 26.2 Å². The molecule has 3 saturated heterocycles. The first-order valence-corrected chi connectivity index (χ1v) is 21.8. The topological polar surface area (TPSA) is 139 Å². The molecule has 0 radical (unpaired) electrons. The van der Waals surface area contributed by atoms with E-state index in [1.807, 2.05) is 58.9 Å². The molecule has 6 aliphatic rings. The van der Waals surface area contributed by atoms with E-state index < -0.39 is 11.1 Å². The number of nitrogens with one attached hydrogen (secondary N) is 2. The molecule has 4 unspecified atom stereocenters. The number of aryl methyl sites for hydroxylation is 1. The Morgan fingerprint density at radius 1 is 0.644 bits per heavy atom. The van der Waals surface area contributed by atoms with Gasteiger partial charge in [0.25, 0.3) is 23.6 Å². The summed E-state index contributed by atoms with van der Waals surface area (Å²) in [6.45, 7) is 20.9. The van der Waals surface area contributed by atoms with Crippen LogP contribution in [0.2, 0.25) is 0 Å². The predicted octanol–water partition coefficient (Wildman–Crippen LogP) is 7.07. The maximum Gasteiger partial charge on any atom is 0.255 e. The number of carbonyl (C=O) groups excluding carboxylic acids is 6. The molecular formula is C45H68N6O6P2. The summed E-state index contributed by atoms with van der Waals surface area (Å²) in [7, 11) is 5.48. The zero-order valence-corrected chi connectivity index (χ0v) is 38.0. The molecule has 2 aromatic carbocycles. The van der Waals surface area contributed by atoms with Gasteiger partial charge >= 0.3 is 0 Å². The van der Waals surface area contributed by atoms with Gasteiger partial charge in [0, 0.05) is 63.2 Å². The average molecular weight is 851 g/mol. The third kappa shape index (κ3) is 11.3. The Kier molecular flexibility index (Phi) is 18.2. The molecule has 8 rings (SSSR count). The van der Waals surface area contributed by atoms with Gasteiger partial charge in [0.15, 0.2) is 0 Å². The highest BCUT2D eigenvalue weighted by molar-refractivity contribution is 7.13. The fraction of sp³-hybridized carbons (Fsp3) is 0.556. The highest BCUT2D eigenvalue weighted by Crippen LogP contribution is 2.38. The molecule has 2 aromatic rings. The van der Waals surface area contributed by atoms with Crippen LogP contribution >= 0.6 is 18.8 Å². The highest BCUT2D eigenvalue weighted by atomic mass is 31.0. The zero-order chi connectivity index (χ0) is 42.9. The third-order valence-corrected chi connectivity index (χ3v) is 12.8. The number of hydrogen-bond acceptors (Lipinski definition) is 8. The number of nitrogens with zero attached hydrogens (tertiary/aromatic N) is 4. The standard InChI is InChI=1S/C19H24N3O3P.C15H16N2O3.C6H12NP.2C2H6.CH4/c1-19(7-4-16(23)20-18(19)25)22-11-14-10-13(2-3-15(14)17(22)24)12-5-8-21(26)9-6-12;1-9-3-4-11-10(7-9)8-17(13(11)19)15(2)6-5-12(18)16-14(15)20;1-6-2-4-7(8)5-3-6;2*1-2;/h2-3,10,12H,4-9,11,26H2,1H3,(H,20,23,25);3-4,7H,5-6,8H2,1-2H3,(H,16,18,20);2H,3-5,8H2,1H3;2*1-2H3;1H4. The molecule has 0 spiro atoms. The lowest BCUT2D eigenvalue weighted by molar-refractivity contribution is -0.143. The molecule has 6 heterocycles. The number of piperidine rings is 3. The minimum Gasteiger partial charge on any atom is -0.320 e. The minimum atomic E-state index is -0.963. The summed E-state index contributed by atoms with van der Waals surface area (Å²) in [4.78, 5) is 76.0. The van der Waals surface area contributed by atoms with Crippen molar-refractivity contribution in [1.82, 2.24) is 29.8 Å². The summed E-state index contributed by atoms with van der Waals surface area (Å²) in [6.07, 6.45) is 7.01. The number of benzene rings is 2. The Balaban J connectivity index is 0.000000249. The Morgan fingerprint density at radius 3 is 1.56 bits per heavy atom. The van der Waals surface area contributed by atoms with Crippen LogP contribution in [0.25, 0.3) is 0 Å². The molecule has 59 heavy (non-hydrogen) atoms. The first-order valence-electron chi connectivity index (χ1n) is 20.8. The summed E-state index contributed by atoms with van der Waals surface area (Å²) < 4.78 is 4.51. The lowest BCUT2D eigenvalue weighted by Crippen LogP contribution is -2.61. The van der Waals surface area contributed by atoms with Crippen LogP contribution in [0.5, 0.6) is 0 Å². The van der Waals surface area contributed by atoms with E-state index in [1.165, 1.54) is 24.1 Å².